The molecule has 0 amide bonds. The predicted octanol–water partition coefficient (Wildman–Crippen LogP) is 2.29. The van der Waals surface area contributed by atoms with Gasteiger partial charge >= 0.3 is 5.97 Å². The summed E-state index contributed by atoms with van der Waals surface area (Å²) in [7, 11) is -1.30. The Morgan fingerprint density at radius 2 is 2.00 bits per heavy atom. The second-order valence-electron chi connectivity index (χ2n) is 4.08. The minimum atomic E-state index is -1.30. The molecular weight excluding hydrogens is 204 g/mol. The molecule has 0 unspecified atom stereocenters. The fourth-order valence-corrected chi connectivity index (χ4v) is 1.10. The molecule has 0 atom stereocenters. The first-order chi connectivity index (χ1) is 6.92. The van der Waals surface area contributed by atoms with Crippen LogP contribution in [-0.2, 0) is 4.79 Å². The predicted molar refractivity (Wildman–Crippen MR) is 64.9 cm³/mol. The topological polar surface area (TPSA) is 37.3 Å². The van der Waals surface area contributed by atoms with E-state index in [1.165, 1.54) is 0 Å². The Morgan fingerprint density at radius 3 is 2.53 bits per heavy atom. The molecule has 0 aromatic rings. The second kappa shape index (κ2) is 6.92. The monoisotopic (exact) mass is 220 g/mol. The van der Waals surface area contributed by atoms with Crippen LogP contribution in [0, 0.1) is 23.3 Å². The first kappa shape index (κ1) is 13.5. The molecule has 0 saturated carbocycles. The number of aliphatic carboxylic acids is 1. The van der Waals surface area contributed by atoms with Gasteiger partial charge in [0.15, 0.2) is 0 Å². The fraction of sp³-hybridized carbons (Fsp3) is 0.417. The number of carboxylic acids is 1. The Labute approximate surface area is 92.4 Å². The zero-order chi connectivity index (χ0) is 11.7. The highest BCUT2D eigenvalue weighted by atomic mass is 28.3. The lowest BCUT2D eigenvalue weighted by atomic mass is 10.3. The Bertz CT molecular complexity index is 353. The van der Waals surface area contributed by atoms with E-state index in [2.05, 4.69) is 42.9 Å². The van der Waals surface area contributed by atoms with Gasteiger partial charge in [0.2, 0.25) is 0 Å². The van der Waals surface area contributed by atoms with Crippen LogP contribution in [0.2, 0.25) is 19.6 Å². The fourth-order valence-electron chi connectivity index (χ4n) is 0.665. The van der Waals surface area contributed by atoms with Crippen LogP contribution >= 0.6 is 0 Å². The third-order valence-corrected chi connectivity index (χ3v) is 2.16. The van der Waals surface area contributed by atoms with E-state index in [1.54, 1.807) is 6.08 Å². The van der Waals surface area contributed by atoms with E-state index >= 15 is 0 Å². The van der Waals surface area contributed by atoms with Crippen molar-refractivity contribution in [3.05, 3.63) is 12.2 Å². The zero-order valence-electron chi connectivity index (χ0n) is 9.42. The molecule has 80 valence electrons. The van der Waals surface area contributed by atoms with Gasteiger partial charge < -0.3 is 5.11 Å². The van der Waals surface area contributed by atoms with E-state index < -0.39 is 14.0 Å². The summed E-state index contributed by atoms with van der Waals surface area (Å²) in [5, 5.41) is 8.30. The first-order valence-electron chi connectivity index (χ1n) is 4.81. The van der Waals surface area contributed by atoms with E-state index in [9.17, 15) is 4.79 Å². The van der Waals surface area contributed by atoms with Crippen LogP contribution < -0.4 is 0 Å². The van der Waals surface area contributed by atoms with E-state index in [1.807, 2.05) is 0 Å². The Hall–Kier alpha value is -1.45. The summed E-state index contributed by atoms with van der Waals surface area (Å²) >= 11 is 0. The third-order valence-electron chi connectivity index (χ3n) is 1.28. The van der Waals surface area contributed by atoms with E-state index in [4.69, 9.17) is 5.11 Å². The zero-order valence-corrected chi connectivity index (χ0v) is 10.4. The first-order valence-corrected chi connectivity index (χ1v) is 8.31. The van der Waals surface area contributed by atoms with Gasteiger partial charge in [-0.15, -0.1) is 5.54 Å². The smallest absolute Gasteiger partial charge is 0.327 e. The Balaban J connectivity index is 3.82. The summed E-state index contributed by atoms with van der Waals surface area (Å²) in [6, 6.07) is 0. The second-order valence-corrected chi connectivity index (χ2v) is 8.83. The summed E-state index contributed by atoms with van der Waals surface area (Å²) < 4.78 is 0. The number of rotatable bonds is 3. The molecule has 0 bridgehead atoms. The Kier molecular flexibility index (Phi) is 6.25. The summed E-state index contributed by atoms with van der Waals surface area (Å²) in [6.45, 7) is 6.49. The molecule has 15 heavy (non-hydrogen) atoms. The van der Waals surface area contributed by atoms with Crippen LogP contribution in [0.5, 0.6) is 0 Å². The van der Waals surface area contributed by atoms with Gasteiger partial charge in [0, 0.05) is 12.5 Å². The van der Waals surface area contributed by atoms with Gasteiger partial charge in [-0.1, -0.05) is 31.6 Å². The van der Waals surface area contributed by atoms with Gasteiger partial charge in [0.05, 0.1) is 0 Å². The van der Waals surface area contributed by atoms with Gasteiger partial charge in [0.25, 0.3) is 0 Å². The summed E-state index contributed by atoms with van der Waals surface area (Å²) in [5.74, 6) is 7.58. The van der Waals surface area contributed by atoms with Gasteiger partial charge in [-0.3, -0.25) is 0 Å². The number of hydrogen-bond donors (Lipinski definition) is 1. The summed E-state index contributed by atoms with van der Waals surface area (Å²) in [6.07, 6.45) is 4.05. The minimum absolute atomic E-state index is 0.657. The Morgan fingerprint density at radius 1 is 1.33 bits per heavy atom. The minimum Gasteiger partial charge on any atom is -0.478 e. The van der Waals surface area contributed by atoms with Crippen molar-refractivity contribution in [3.63, 3.8) is 0 Å². The number of hydrogen-bond acceptors (Lipinski definition) is 1. The molecule has 0 radical (unpaired) electrons. The van der Waals surface area contributed by atoms with Crippen LogP contribution in [0.3, 0.4) is 0 Å². The average molecular weight is 220 g/mol. The van der Waals surface area contributed by atoms with Crippen molar-refractivity contribution in [2.45, 2.75) is 32.5 Å². The van der Waals surface area contributed by atoms with Crippen LogP contribution in [0.25, 0.3) is 0 Å². The molecule has 0 fully saturated rings. The summed E-state index contributed by atoms with van der Waals surface area (Å²) in [5.41, 5.74) is 3.13. The molecule has 0 aromatic carbocycles. The molecule has 0 aliphatic rings. The van der Waals surface area contributed by atoms with Crippen molar-refractivity contribution >= 4 is 14.0 Å². The van der Waals surface area contributed by atoms with E-state index in [0.29, 0.717) is 12.8 Å². The molecule has 0 heterocycles. The van der Waals surface area contributed by atoms with Gasteiger partial charge in [0.1, 0.15) is 8.07 Å². The van der Waals surface area contributed by atoms with Crippen molar-refractivity contribution in [2.75, 3.05) is 0 Å². The number of carboxylic acid groups (broad SMARTS) is 1. The number of unbranched alkanes of at least 4 members (excludes halogenated alkanes) is 1. The lowest BCUT2D eigenvalue weighted by Crippen LogP contribution is -2.16. The molecule has 2 nitrogen and oxygen atoms in total. The van der Waals surface area contributed by atoms with Crippen molar-refractivity contribution in [1.29, 1.82) is 0 Å². The molecule has 0 spiro atoms. The van der Waals surface area contributed by atoms with Crippen molar-refractivity contribution in [2.24, 2.45) is 0 Å². The maximum Gasteiger partial charge on any atom is 0.327 e. The highest BCUT2D eigenvalue weighted by Gasteiger charge is 2.06. The van der Waals surface area contributed by atoms with E-state index in [0.717, 1.165) is 6.08 Å². The molecule has 0 rings (SSSR count). The molecule has 3 heteroatoms. The highest BCUT2D eigenvalue weighted by Crippen LogP contribution is 1.95. The van der Waals surface area contributed by atoms with Crippen LogP contribution in [0.15, 0.2) is 12.2 Å². The summed E-state index contributed by atoms with van der Waals surface area (Å²) in [4.78, 5) is 10.1. The molecule has 1 N–H and O–H groups in total. The number of carbonyl (C=O) groups is 1. The lowest BCUT2D eigenvalue weighted by molar-refractivity contribution is -0.131. The molecule has 0 aliphatic heterocycles. The van der Waals surface area contributed by atoms with E-state index in [-0.39, 0.29) is 0 Å². The SMILES string of the molecule is C[Si](C)(C)C#CC#CCCC=CC(=O)O. The quantitative estimate of drug-likeness (QED) is 0.343. The maximum absolute atomic E-state index is 10.1. The molecule has 0 saturated heterocycles. The van der Waals surface area contributed by atoms with Crippen LogP contribution in [-0.4, -0.2) is 19.1 Å². The lowest BCUT2D eigenvalue weighted by Gasteiger charge is -2.01. The van der Waals surface area contributed by atoms with Crippen molar-refractivity contribution in [1.82, 2.24) is 0 Å². The normalized spacial score (nSPS) is 10.1. The largest absolute Gasteiger partial charge is 0.478 e. The van der Waals surface area contributed by atoms with Gasteiger partial charge in [-0.2, -0.15) is 0 Å². The van der Waals surface area contributed by atoms with Gasteiger partial charge in [-0.25, -0.2) is 4.79 Å². The highest BCUT2D eigenvalue weighted by molar-refractivity contribution is 6.83. The molecule has 0 aromatic heterocycles. The maximum atomic E-state index is 10.1. The third kappa shape index (κ3) is 12.5. The standard InChI is InChI=1S/C12H16O2Si/c1-15(2,3)11-9-7-5-4-6-8-10-12(13)14/h8,10H,4,6H2,1-3H3,(H,13,14). The van der Waals surface area contributed by atoms with Crippen LogP contribution in [0.1, 0.15) is 12.8 Å². The van der Waals surface area contributed by atoms with Crippen LogP contribution in [0.4, 0.5) is 0 Å². The van der Waals surface area contributed by atoms with Crippen molar-refractivity contribution < 1.29 is 9.90 Å². The average Bonchev–Trinajstić information content (AvgIpc) is 2.07. The van der Waals surface area contributed by atoms with Crippen molar-refractivity contribution in [3.8, 4) is 23.3 Å². The number of allylic oxidation sites excluding steroid dienone is 1. The molecular formula is C12H16O2Si. The van der Waals surface area contributed by atoms with Gasteiger partial charge in [-0.05, 0) is 18.3 Å². The molecule has 0 aliphatic carbocycles.